The molecule has 4 aromatic carbocycles. The lowest BCUT2D eigenvalue weighted by Crippen LogP contribution is -2.18. The molecular formula is C53H69N2O3S+. The molecule has 0 spiro atoms. The van der Waals surface area contributed by atoms with Gasteiger partial charge in [-0.1, -0.05) is 177 Å². The van der Waals surface area contributed by atoms with Crippen molar-refractivity contribution in [2.24, 2.45) is 0 Å². The van der Waals surface area contributed by atoms with E-state index in [4.69, 9.17) is 0 Å². The minimum absolute atomic E-state index is 0.101. The topological polar surface area (TPSA) is 60.6 Å². The summed E-state index contributed by atoms with van der Waals surface area (Å²) in [5.41, 5.74) is 7.47. The van der Waals surface area contributed by atoms with Crippen LogP contribution in [0.1, 0.15) is 141 Å². The van der Waals surface area contributed by atoms with Crippen LogP contribution in [-0.2, 0) is 10.1 Å². The van der Waals surface area contributed by atoms with Crippen LogP contribution < -0.4 is 4.90 Å². The van der Waals surface area contributed by atoms with Crippen LogP contribution in [-0.4, -0.2) is 36.3 Å². The van der Waals surface area contributed by atoms with E-state index in [1.807, 2.05) is 6.07 Å². The van der Waals surface area contributed by atoms with Crippen LogP contribution in [0.15, 0.2) is 144 Å². The molecule has 0 unspecified atom stereocenters. The Balaban J connectivity index is 1.41. The number of benzene rings is 4. The highest BCUT2D eigenvalue weighted by Gasteiger charge is 2.23. The molecule has 0 fully saturated rings. The van der Waals surface area contributed by atoms with Crippen LogP contribution in [0.4, 0.5) is 17.1 Å². The predicted molar refractivity (Wildman–Crippen MR) is 251 cm³/mol. The van der Waals surface area contributed by atoms with E-state index in [0.717, 1.165) is 65.4 Å². The number of para-hydroxylation sites is 2. The highest BCUT2D eigenvalue weighted by molar-refractivity contribution is 7.86. The van der Waals surface area contributed by atoms with Crippen LogP contribution in [0.5, 0.6) is 0 Å². The van der Waals surface area contributed by atoms with Crippen molar-refractivity contribution in [2.75, 3.05) is 18.0 Å². The van der Waals surface area contributed by atoms with Gasteiger partial charge in [-0.05, 0) is 72.0 Å². The first kappa shape index (κ1) is 45.6. The summed E-state index contributed by atoms with van der Waals surface area (Å²) in [6.45, 7) is 6.37. The molecule has 1 aliphatic rings. The lowest BCUT2D eigenvalue weighted by molar-refractivity contribution is -0.439. The van der Waals surface area contributed by atoms with Crippen molar-refractivity contribution in [1.29, 1.82) is 0 Å². The summed E-state index contributed by atoms with van der Waals surface area (Å²) < 4.78 is 38.4. The monoisotopic (exact) mass is 814 g/mol. The average Bonchev–Trinajstić information content (AvgIpc) is 3.26. The molecule has 0 aromatic heterocycles. The number of allylic oxidation sites excluding steroid dienone is 5. The molecule has 0 aliphatic heterocycles. The average molecular weight is 814 g/mol. The summed E-state index contributed by atoms with van der Waals surface area (Å²) in [4.78, 5) is 2.29. The fraction of sp³-hybridized carbons (Fsp3) is 0.415. The molecule has 0 saturated carbocycles. The summed E-state index contributed by atoms with van der Waals surface area (Å²) >= 11 is 0. The van der Waals surface area contributed by atoms with Gasteiger partial charge >= 0.3 is 0 Å². The Morgan fingerprint density at radius 1 is 0.525 bits per heavy atom. The first-order valence-corrected chi connectivity index (χ1v) is 24.1. The molecule has 314 valence electrons. The lowest BCUT2D eigenvalue weighted by atomic mass is 9.90. The number of hydrogen-bond acceptors (Lipinski definition) is 3. The summed E-state index contributed by atoms with van der Waals surface area (Å²) in [5.74, 6) is 0. The smallest absolute Gasteiger partial charge is 0.295 e. The van der Waals surface area contributed by atoms with E-state index in [1.165, 1.54) is 109 Å². The van der Waals surface area contributed by atoms with Gasteiger partial charge in [-0.2, -0.15) is 13.0 Å². The summed E-state index contributed by atoms with van der Waals surface area (Å²) in [5, 5.41) is 0. The number of unbranched alkanes of at least 4 members (excludes halogenated alkanes) is 16. The zero-order chi connectivity index (χ0) is 41.5. The Morgan fingerprint density at radius 3 is 1.56 bits per heavy atom. The zero-order valence-electron chi connectivity index (χ0n) is 35.9. The SMILES string of the molecule is CCCCCCCCCCCN(c1ccccc1)c1ccc(C(=C2C=CC(=[N+](CCCCCCCCCCC)c3ccccc3)C=C2)c2ccccc2S(=O)(=O)O)cc1. The maximum atomic E-state index is 12.8. The first-order chi connectivity index (χ1) is 28.9. The molecule has 4 aromatic rings. The van der Waals surface area contributed by atoms with Crippen molar-refractivity contribution in [2.45, 2.75) is 134 Å². The van der Waals surface area contributed by atoms with Crippen LogP contribution >= 0.6 is 0 Å². The Morgan fingerprint density at radius 2 is 1.00 bits per heavy atom. The lowest BCUT2D eigenvalue weighted by Gasteiger charge is -2.26. The summed E-state index contributed by atoms with van der Waals surface area (Å²) in [6, 6.07) is 36.3. The van der Waals surface area contributed by atoms with Crippen molar-refractivity contribution in [3.63, 3.8) is 0 Å². The molecule has 6 heteroatoms. The molecular weight excluding hydrogens is 745 g/mol. The van der Waals surface area contributed by atoms with Crippen molar-refractivity contribution >= 4 is 38.5 Å². The quantitative estimate of drug-likeness (QED) is 0.0390. The third-order valence-electron chi connectivity index (χ3n) is 11.5. The maximum Gasteiger partial charge on any atom is 0.295 e. The first-order valence-electron chi connectivity index (χ1n) is 22.7. The largest absolute Gasteiger partial charge is 0.341 e. The summed E-state index contributed by atoms with van der Waals surface area (Å²) in [7, 11) is -4.49. The van der Waals surface area contributed by atoms with Gasteiger partial charge in [-0.15, -0.1) is 0 Å². The van der Waals surface area contributed by atoms with Gasteiger partial charge in [0.25, 0.3) is 10.1 Å². The van der Waals surface area contributed by atoms with Gasteiger partial charge in [-0.25, -0.2) is 0 Å². The second-order valence-corrected chi connectivity index (χ2v) is 17.5. The van der Waals surface area contributed by atoms with Crippen molar-refractivity contribution in [3.8, 4) is 0 Å². The highest BCUT2D eigenvalue weighted by Crippen LogP contribution is 2.36. The van der Waals surface area contributed by atoms with E-state index >= 15 is 0 Å². The van der Waals surface area contributed by atoms with Gasteiger partial charge < -0.3 is 4.90 Å². The predicted octanol–water partition coefficient (Wildman–Crippen LogP) is 14.8. The Hall–Kier alpha value is -4.52. The fourth-order valence-corrected chi connectivity index (χ4v) is 8.88. The number of hydrogen-bond donors (Lipinski definition) is 1. The van der Waals surface area contributed by atoms with Gasteiger partial charge in [-0.3, -0.25) is 4.55 Å². The second-order valence-electron chi connectivity index (χ2n) is 16.1. The Bertz CT molecular complexity index is 2050. The standard InChI is InChI=1S/C53H68N2O3S/c1-3-5-7-9-11-13-15-17-27-43-54(47-29-21-19-22-30-47)49-39-35-45(36-40-49)53(51-33-25-26-34-52(51)59(56,57)58)46-37-41-50(42-38-46)55(48-31-23-20-24-32-48)44-28-18-16-14-12-10-8-6-4-2/h19-26,29-42H,3-18,27-28,43-44H2,1-2H3/p+1. The number of anilines is 2. The van der Waals surface area contributed by atoms with Crippen LogP contribution in [0.25, 0.3) is 5.57 Å². The molecule has 0 heterocycles. The fourth-order valence-electron chi connectivity index (χ4n) is 8.18. The third-order valence-corrected chi connectivity index (χ3v) is 12.4. The normalized spacial score (nSPS) is 12.6. The van der Waals surface area contributed by atoms with Crippen molar-refractivity contribution in [3.05, 3.63) is 150 Å². The van der Waals surface area contributed by atoms with Gasteiger partial charge in [0, 0.05) is 54.2 Å². The minimum atomic E-state index is -4.49. The maximum absolute atomic E-state index is 12.8. The van der Waals surface area contributed by atoms with Crippen LogP contribution in [0.2, 0.25) is 0 Å². The van der Waals surface area contributed by atoms with Gasteiger partial charge in [0.05, 0.1) is 0 Å². The van der Waals surface area contributed by atoms with E-state index in [1.54, 1.807) is 12.1 Å². The van der Waals surface area contributed by atoms with Gasteiger partial charge in [0.2, 0.25) is 11.4 Å². The highest BCUT2D eigenvalue weighted by atomic mass is 32.2. The van der Waals surface area contributed by atoms with Crippen molar-refractivity contribution in [1.82, 2.24) is 0 Å². The van der Waals surface area contributed by atoms with Crippen molar-refractivity contribution < 1.29 is 17.5 Å². The number of nitrogens with zero attached hydrogens (tertiary/aromatic N) is 2. The Labute approximate surface area is 357 Å². The van der Waals surface area contributed by atoms with Crippen LogP contribution in [0, 0.1) is 0 Å². The zero-order valence-corrected chi connectivity index (χ0v) is 36.7. The molecule has 5 nitrogen and oxygen atoms in total. The molecule has 0 bridgehead atoms. The summed E-state index contributed by atoms with van der Waals surface area (Å²) in [6.07, 6.45) is 31.5. The molecule has 1 aliphatic carbocycles. The van der Waals surface area contributed by atoms with E-state index < -0.39 is 10.1 Å². The molecule has 0 amide bonds. The van der Waals surface area contributed by atoms with E-state index in [0.29, 0.717) is 5.56 Å². The molecule has 0 atom stereocenters. The number of rotatable bonds is 26. The van der Waals surface area contributed by atoms with Crippen LogP contribution in [0.3, 0.4) is 0 Å². The minimum Gasteiger partial charge on any atom is -0.341 e. The van der Waals surface area contributed by atoms with E-state index in [-0.39, 0.29) is 4.90 Å². The Kier molecular flexibility index (Phi) is 19.4. The molecule has 0 saturated heterocycles. The van der Waals surface area contributed by atoms with E-state index in [2.05, 4.69) is 133 Å². The molecule has 5 rings (SSSR count). The third kappa shape index (κ3) is 14.6. The van der Waals surface area contributed by atoms with Gasteiger partial charge in [0.15, 0.2) is 0 Å². The molecule has 0 radical (unpaired) electrons. The van der Waals surface area contributed by atoms with Gasteiger partial charge in [0.1, 0.15) is 11.4 Å². The molecule has 1 N–H and O–H groups in total. The second kappa shape index (κ2) is 25.2. The molecule has 59 heavy (non-hydrogen) atoms. The van der Waals surface area contributed by atoms with E-state index in [9.17, 15) is 13.0 Å².